The number of hydrogen-bond acceptors (Lipinski definition) is 5. The van der Waals surface area contributed by atoms with Crippen LogP contribution in [0.1, 0.15) is 21.6 Å². The highest BCUT2D eigenvalue weighted by Crippen LogP contribution is 2.24. The molecule has 8 nitrogen and oxygen atoms in total. The first-order valence-corrected chi connectivity index (χ1v) is 5.42. The molecule has 0 amide bonds. The van der Waals surface area contributed by atoms with Gasteiger partial charge >= 0.3 is 5.97 Å². The Labute approximate surface area is 112 Å². The third-order valence-electron chi connectivity index (χ3n) is 2.68. The molecule has 0 atom stereocenters. The molecule has 8 heteroatoms. The number of rotatable bonds is 3. The average Bonchev–Trinajstić information content (AvgIpc) is 2.80. The average molecular weight is 272 g/mol. The summed E-state index contributed by atoms with van der Waals surface area (Å²) < 4.78 is 1.09. The second-order valence-corrected chi connectivity index (χ2v) is 3.95. The van der Waals surface area contributed by atoms with Crippen LogP contribution < -0.4 is 0 Å². The molecule has 0 aliphatic heterocycles. The molecule has 0 saturated heterocycles. The third kappa shape index (κ3) is 2.20. The second kappa shape index (κ2) is 4.81. The monoisotopic (exact) mass is 272 g/mol. The summed E-state index contributed by atoms with van der Waals surface area (Å²) in [5, 5.41) is 32.7. The molecule has 20 heavy (non-hydrogen) atoms. The van der Waals surface area contributed by atoms with Crippen LogP contribution in [0.15, 0.2) is 24.4 Å². The van der Waals surface area contributed by atoms with Gasteiger partial charge in [0.2, 0.25) is 0 Å². The molecule has 1 N–H and O–H groups in total. The van der Waals surface area contributed by atoms with Crippen LogP contribution in [-0.2, 0) is 0 Å². The topological polar surface area (TPSA) is 122 Å². The molecule has 1 heterocycles. The summed E-state index contributed by atoms with van der Waals surface area (Å²) in [5.74, 6) is -1.17. The lowest BCUT2D eigenvalue weighted by Crippen LogP contribution is -2.01. The zero-order valence-electron chi connectivity index (χ0n) is 10.3. The molecule has 0 spiro atoms. The first kappa shape index (κ1) is 13.2. The van der Waals surface area contributed by atoms with Crippen molar-refractivity contribution in [2.75, 3.05) is 0 Å². The number of carboxylic acid groups (broad SMARTS) is 1. The van der Waals surface area contributed by atoms with Crippen LogP contribution in [0.5, 0.6) is 0 Å². The Hall–Kier alpha value is -3.21. The lowest BCUT2D eigenvalue weighted by Gasteiger charge is -2.03. The van der Waals surface area contributed by atoms with Crippen molar-refractivity contribution < 1.29 is 14.8 Å². The molecule has 1 aromatic heterocycles. The molecular weight excluding hydrogens is 264 g/mol. The minimum Gasteiger partial charge on any atom is -0.478 e. The van der Waals surface area contributed by atoms with E-state index in [1.54, 1.807) is 0 Å². The minimum absolute atomic E-state index is 0.0460. The fourth-order valence-corrected chi connectivity index (χ4v) is 1.72. The summed E-state index contributed by atoms with van der Waals surface area (Å²) in [7, 11) is 0. The van der Waals surface area contributed by atoms with E-state index in [2.05, 4.69) is 5.10 Å². The highest BCUT2D eigenvalue weighted by Gasteiger charge is 2.20. The third-order valence-corrected chi connectivity index (χ3v) is 2.68. The SMILES string of the molecule is Cc1nn(-c2cc(C#N)ccc2[N+](=O)[O-])cc1C(=O)O. The summed E-state index contributed by atoms with van der Waals surface area (Å²) in [6.07, 6.45) is 1.18. The van der Waals surface area contributed by atoms with Gasteiger partial charge in [0.25, 0.3) is 5.69 Å². The number of nitrogens with zero attached hydrogens (tertiary/aromatic N) is 4. The number of hydrogen-bond donors (Lipinski definition) is 1. The number of aromatic nitrogens is 2. The number of benzene rings is 1. The second-order valence-electron chi connectivity index (χ2n) is 3.95. The van der Waals surface area contributed by atoms with E-state index in [0.29, 0.717) is 0 Å². The van der Waals surface area contributed by atoms with E-state index in [9.17, 15) is 14.9 Å². The molecule has 0 aliphatic carbocycles. The number of nitriles is 1. The van der Waals surface area contributed by atoms with Crippen LogP contribution in [0.3, 0.4) is 0 Å². The van der Waals surface area contributed by atoms with Gasteiger partial charge in [-0.25, -0.2) is 9.48 Å². The zero-order valence-corrected chi connectivity index (χ0v) is 10.3. The van der Waals surface area contributed by atoms with Crippen molar-refractivity contribution in [3.8, 4) is 11.8 Å². The Balaban J connectivity index is 2.67. The Morgan fingerprint density at radius 3 is 2.75 bits per heavy atom. The number of carbonyl (C=O) groups is 1. The normalized spacial score (nSPS) is 10.0. The smallest absolute Gasteiger partial charge is 0.339 e. The van der Waals surface area contributed by atoms with Gasteiger partial charge in [0, 0.05) is 12.3 Å². The summed E-state index contributed by atoms with van der Waals surface area (Å²) in [6, 6.07) is 5.66. The highest BCUT2D eigenvalue weighted by atomic mass is 16.6. The Kier molecular flexibility index (Phi) is 3.18. The number of nitro groups is 1. The Morgan fingerprint density at radius 1 is 1.55 bits per heavy atom. The lowest BCUT2D eigenvalue weighted by molar-refractivity contribution is -0.384. The van der Waals surface area contributed by atoms with Crippen LogP contribution in [0.4, 0.5) is 5.69 Å². The largest absolute Gasteiger partial charge is 0.478 e. The number of nitro benzene ring substituents is 1. The zero-order chi connectivity index (χ0) is 14.9. The predicted molar refractivity (Wildman–Crippen MR) is 66.6 cm³/mol. The van der Waals surface area contributed by atoms with Crippen LogP contribution in [0, 0.1) is 28.4 Å². The van der Waals surface area contributed by atoms with E-state index in [1.165, 1.54) is 31.3 Å². The lowest BCUT2D eigenvalue weighted by atomic mass is 10.2. The molecule has 2 rings (SSSR count). The maximum Gasteiger partial charge on any atom is 0.339 e. The van der Waals surface area contributed by atoms with E-state index < -0.39 is 10.9 Å². The van der Waals surface area contributed by atoms with Crippen molar-refractivity contribution in [3.05, 3.63) is 51.3 Å². The first-order valence-electron chi connectivity index (χ1n) is 5.42. The summed E-state index contributed by atoms with van der Waals surface area (Å²) >= 11 is 0. The van der Waals surface area contributed by atoms with Crippen LogP contribution >= 0.6 is 0 Å². The van der Waals surface area contributed by atoms with Gasteiger partial charge < -0.3 is 5.11 Å². The molecular formula is C12H8N4O4. The van der Waals surface area contributed by atoms with E-state index in [0.717, 1.165) is 4.68 Å². The van der Waals surface area contributed by atoms with E-state index >= 15 is 0 Å². The summed E-state index contributed by atoms with van der Waals surface area (Å²) in [5.41, 5.74) is 0.180. The quantitative estimate of drug-likeness (QED) is 0.669. The first-order chi connectivity index (χ1) is 9.43. The molecule has 100 valence electrons. The number of aryl methyl sites for hydroxylation is 1. The van der Waals surface area contributed by atoms with Crippen molar-refractivity contribution >= 4 is 11.7 Å². The van der Waals surface area contributed by atoms with Gasteiger partial charge in [0.15, 0.2) is 0 Å². The molecule has 0 aliphatic rings. The maximum atomic E-state index is 11.0. The maximum absolute atomic E-state index is 11.0. The van der Waals surface area contributed by atoms with Crippen LogP contribution in [0.25, 0.3) is 5.69 Å². The van der Waals surface area contributed by atoms with Crippen molar-refractivity contribution in [1.82, 2.24) is 9.78 Å². The van der Waals surface area contributed by atoms with Gasteiger partial charge in [-0.1, -0.05) is 0 Å². The summed E-state index contributed by atoms with van der Waals surface area (Å²) in [4.78, 5) is 21.3. The Morgan fingerprint density at radius 2 is 2.25 bits per heavy atom. The number of aromatic carboxylic acids is 1. The standard InChI is InChI=1S/C12H8N4O4/c1-7-9(12(17)18)6-15(14-7)11-4-8(5-13)2-3-10(11)16(19)20/h2-4,6H,1H3,(H,17,18). The fraction of sp³-hybridized carbons (Fsp3) is 0.0833. The predicted octanol–water partition coefficient (Wildman–Crippen LogP) is 1.66. The molecule has 0 unspecified atom stereocenters. The molecule has 0 saturated carbocycles. The van der Waals surface area contributed by atoms with E-state index in [-0.39, 0.29) is 28.2 Å². The van der Waals surface area contributed by atoms with Gasteiger partial charge in [0.05, 0.1) is 22.2 Å². The van der Waals surface area contributed by atoms with Gasteiger partial charge in [-0.3, -0.25) is 10.1 Å². The van der Waals surface area contributed by atoms with E-state index in [4.69, 9.17) is 10.4 Å². The van der Waals surface area contributed by atoms with Gasteiger partial charge in [-0.05, 0) is 19.1 Å². The Bertz CT molecular complexity index is 757. The minimum atomic E-state index is -1.17. The molecule has 0 bridgehead atoms. The highest BCUT2D eigenvalue weighted by molar-refractivity contribution is 5.88. The van der Waals surface area contributed by atoms with Crippen LogP contribution in [0.2, 0.25) is 0 Å². The van der Waals surface area contributed by atoms with Crippen molar-refractivity contribution in [2.24, 2.45) is 0 Å². The molecule has 0 fully saturated rings. The summed E-state index contributed by atoms with van der Waals surface area (Å²) in [6.45, 7) is 1.49. The fourth-order valence-electron chi connectivity index (χ4n) is 1.72. The van der Waals surface area contributed by atoms with Crippen molar-refractivity contribution in [3.63, 3.8) is 0 Å². The van der Waals surface area contributed by atoms with Gasteiger partial charge in [-0.2, -0.15) is 10.4 Å². The van der Waals surface area contributed by atoms with E-state index in [1.807, 2.05) is 6.07 Å². The van der Waals surface area contributed by atoms with Gasteiger partial charge in [-0.15, -0.1) is 0 Å². The molecule has 0 radical (unpaired) electrons. The van der Waals surface area contributed by atoms with Crippen LogP contribution in [-0.4, -0.2) is 25.8 Å². The molecule has 2 aromatic rings. The van der Waals surface area contributed by atoms with Crippen molar-refractivity contribution in [1.29, 1.82) is 5.26 Å². The van der Waals surface area contributed by atoms with Crippen molar-refractivity contribution in [2.45, 2.75) is 6.92 Å². The number of carboxylic acids is 1. The van der Waals surface area contributed by atoms with Gasteiger partial charge in [0.1, 0.15) is 11.3 Å². The molecule has 1 aromatic carbocycles.